The van der Waals surface area contributed by atoms with E-state index < -0.39 is 0 Å². The van der Waals surface area contributed by atoms with Gasteiger partial charge in [0, 0.05) is 28.1 Å². The van der Waals surface area contributed by atoms with Crippen LogP contribution in [-0.2, 0) is 10.5 Å². The van der Waals surface area contributed by atoms with E-state index >= 15 is 0 Å². The lowest BCUT2D eigenvalue weighted by molar-refractivity contribution is -0.122. The molecule has 0 saturated carbocycles. The average Bonchev–Trinajstić information content (AvgIpc) is 2.57. The van der Waals surface area contributed by atoms with Crippen LogP contribution in [0.1, 0.15) is 16.7 Å². The number of benzene rings is 2. The van der Waals surface area contributed by atoms with Crippen molar-refractivity contribution in [2.45, 2.75) is 19.6 Å². The summed E-state index contributed by atoms with van der Waals surface area (Å²) in [6, 6.07) is 11.4. The highest BCUT2D eigenvalue weighted by molar-refractivity contribution is 7.98. The van der Waals surface area contributed by atoms with Crippen molar-refractivity contribution in [3.05, 3.63) is 63.1 Å². The van der Waals surface area contributed by atoms with Crippen molar-refractivity contribution in [3.8, 4) is 5.75 Å². The number of thioether (sulfide) groups is 1. The molecule has 2 aromatic rings. The van der Waals surface area contributed by atoms with Crippen LogP contribution >= 0.6 is 35.0 Å². The summed E-state index contributed by atoms with van der Waals surface area (Å²) in [7, 11) is 0. The van der Waals surface area contributed by atoms with Gasteiger partial charge in [0.15, 0.2) is 6.61 Å². The molecule has 0 unspecified atom stereocenters. The zero-order valence-electron chi connectivity index (χ0n) is 14.3. The van der Waals surface area contributed by atoms with Crippen LogP contribution in [0.15, 0.2) is 36.4 Å². The Kier molecular flexibility index (Phi) is 7.94. The van der Waals surface area contributed by atoms with Crippen molar-refractivity contribution in [1.29, 1.82) is 0 Å². The van der Waals surface area contributed by atoms with Gasteiger partial charge in [-0.25, -0.2) is 0 Å². The Bertz CT molecular complexity index is 717. The highest BCUT2D eigenvalue weighted by atomic mass is 35.5. The molecule has 0 radical (unpaired) electrons. The number of hydrogen-bond acceptors (Lipinski definition) is 3. The Balaban J connectivity index is 1.66. The van der Waals surface area contributed by atoms with E-state index in [4.69, 9.17) is 27.9 Å². The Morgan fingerprint density at radius 3 is 2.60 bits per heavy atom. The molecular formula is C19H21Cl2NO2S. The smallest absolute Gasteiger partial charge is 0.257 e. The van der Waals surface area contributed by atoms with Crippen LogP contribution in [0.25, 0.3) is 0 Å². The molecule has 0 fully saturated rings. The van der Waals surface area contributed by atoms with Crippen molar-refractivity contribution < 1.29 is 9.53 Å². The molecule has 0 heterocycles. The predicted molar refractivity (Wildman–Crippen MR) is 107 cm³/mol. The van der Waals surface area contributed by atoms with Crippen molar-refractivity contribution in [1.82, 2.24) is 5.32 Å². The van der Waals surface area contributed by atoms with Gasteiger partial charge in [-0.15, -0.1) is 0 Å². The Labute approximate surface area is 163 Å². The molecule has 0 aliphatic heterocycles. The van der Waals surface area contributed by atoms with E-state index in [1.807, 2.05) is 50.2 Å². The Morgan fingerprint density at radius 1 is 1.16 bits per heavy atom. The lowest BCUT2D eigenvalue weighted by Crippen LogP contribution is -2.30. The third-order valence-corrected chi connectivity index (χ3v) is 5.27. The second-order valence-corrected chi connectivity index (χ2v) is 7.58. The molecule has 2 aromatic carbocycles. The van der Waals surface area contributed by atoms with Crippen LogP contribution in [0.4, 0.5) is 0 Å². The maximum Gasteiger partial charge on any atom is 0.257 e. The molecule has 2 rings (SSSR count). The number of aryl methyl sites for hydroxylation is 2. The minimum atomic E-state index is -0.128. The summed E-state index contributed by atoms with van der Waals surface area (Å²) in [6.07, 6.45) is 0. The molecule has 0 spiro atoms. The molecule has 0 aliphatic carbocycles. The van der Waals surface area contributed by atoms with Crippen LogP contribution in [0.3, 0.4) is 0 Å². The molecule has 0 saturated heterocycles. The summed E-state index contributed by atoms with van der Waals surface area (Å²) in [5.74, 6) is 2.11. The summed E-state index contributed by atoms with van der Waals surface area (Å²) >= 11 is 13.9. The number of amides is 1. The Morgan fingerprint density at radius 2 is 1.88 bits per heavy atom. The van der Waals surface area contributed by atoms with Crippen molar-refractivity contribution in [2.24, 2.45) is 0 Å². The van der Waals surface area contributed by atoms with Gasteiger partial charge in [-0.2, -0.15) is 11.8 Å². The number of hydrogen-bond donors (Lipinski definition) is 1. The minimum Gasteiger partial charge on any atom is -0.483 e. The fraction of sp³-hybridized carbons (Fsp3) is 0.316. The van der Waals surface area contributed by atoms with Crippen molar-refractivity contribution in [3.63, 3.8) is 0 Å². The van der Waals surface area contributed by atoms with Crippen LogP contribution < -0.4 is 10.1 Å². The molecule has 0 bridgehead atoms. The van der Waals surface area contributed by atoms with Crippen LogP contribution in [0, 0.1) is 13.8 Å². The number of rotatable bonds is 8. The minimum absolute atomic E-state index is 0.0191. The van der Waals surface area contributed by atoms with Crippen molar-refractivity contribution in [2.75, 3.05) is 18.9 Å². The number of carbonyl (C=O) groups excluding carboxylic acids is 1. The molecule has 134 valence electrons. The number of halogens is 2. The maximum absolute atomic E-state index is 11.9. The van der Waals surface area contributed by atoms with E-state index in [0.29, 0.717) is 22.3 Å². The van der Waals surface area contributed by atoms with Gasteiger partial charge in [0.1, 0.15) is 5.75 Å². The van der Waals surface area contributed by atoms with Gasteiger partial charge in [0.05, 0.1) is 0 Å². The van der Waals surface area contributed by atoms with E-state index in [1.165, 1.54) is 0 Å². The van der Waals surface area contributed by atoms with Gasteiger partial charge < -0.3 is 10.1 Å². The first kappa shape index (κ1) is 20.0. The predicted octanol–water partition coefficient (Wildman–Crippen LogP) is 5.04. The normalized spacial score (nSPS) is 10.6. The van der Waals surface area contributed by atoms with E-state index in [-0.39, 0.29) is 12.5 Å². The average molecular weight is 398 g/mol. The molecular weight excluding hydrogens is 377 g/mol. The zero-order chi connectivity index (χ0) is 18.2. The van der Waals surface area contributed by atoms with Gasteiger partial charge in [-0.1, -0.05) is 41.4 Å². The highest BCUT2D eigenvalue weighted by Crippen LogP contribution is 2.28. The molecule has 6 heteroatoms. The summed E-state index contributed by atoms with van der Waals surface area (Å²) in [5, 5.41) is 4.20. The van der Waals surface area contributed by atoms with Crippen LogP contribution in [0.2, 0.25) is 10.0 Å². The molecule has 25 heavy (non-hydrogen) atoms. The molecule has 3 nitrogen and oxygen atoms in total. The van der Waals surface area contributed by atoms with Gasteiger partial charge in [0.25, 0.3) is 5.91 Å². The number of carbonyl (C=O) groups is 1. The van der Waals surface area contributed by atoms with E-state index in [2.05, 4.69) is 5.32 Å². The first-order valence-electron chi connectivity index (χ1n) is 7.94. The van der Waals surface area contributed by atoms with E-state index in [1.54, 1.807) is 11.8 Å². The fourth-order valence-corrected chi connectivity index (χ4v) is 3.76. The first-order chi connectivity index (χ1) is 12.0. The third kappa shape index (κ3) is 6.46. The second kappa shape index (κ2) is 9.95. The summed E-state index contributed by atoms with van der Waals surface area (Å²) in [5.41, 5.74) is 3.06. The summed E-state index contributed by atoms with van der Waals surface area (Å²) < 4.78 is 5.58. The molecule has 1 N–H and O–H groups in total. The monoisotopic (exact) mass is 397 g/mol. The summed E-state index contributed by atoms with van der Waals surface area (Å²) in [4.78, 5) is 11.9. The topological polar surface area (TPSA) is 38.3 Å². The lowest BCUT2D eigenvalue weighted by Gasteiger charge is -2.10. The maximum atomic E-state index is 11.9. The van der Waals surface area contributed by atoms with Gasteiger partial charge in [0.2, 0.25) is 0 Å². The van der Waals surface area contributed by atoms with E-state index in [9.17, 15) is 4.79 Å². The molecule has 0 aliphatic rings. The Hall–Kier alpha value is -1.36. The molecule has 0 atom stereocenters. The fourth-order valence-electron chi connectivity index (χ4n) is 2.16. The quantitative estimate of drug-likeness (QED) is 0.634. The highest BCUT2D eigenvalue weighted by Gasteiger charge is 2.07. The molecule has 0 aromatic heterocycles. The second-order valence-electron chi connectivity index (χ2n) is 5.66. The van der Waals surface area contributed by atoms with E-state index in [0.717, 1.165) is 28.2 Å². The standard InChI is InChI=1S/C19H21Cl2NO2S/c1-13-6-7-14(2)18(10-13)24-11-19(23)22-8-9-25-12-15-16(20)4-3-5-17(15)21/h3-7,10H,8-9,11-12H2,1-2H3,(H,22,23). The summed E-state index contributed by atoms with van der Waals surface area (Å²) in [6.45, 7) is 4.55. The number of nitrogens with one attached hydrogen (secondary N) is 1. The van der Waals surface area contributed by atoms with Crippen LogP contribution in [0.5, 0.6) is 5.75 Å². The van der Waals surface area contributed by atoms with Gasteiger partial charge in [-0.3, -0.25) is 4.79 Å². The third-order valence-electron chi connectivity index (χ3n) is 3.58. The van der Waals surface area contributed by atoms with Crippen molar-refractivity contribution >= 4 is 40.9 Å². The van der Waals surface area contributed by atoms with Gasteiger partial charge in [-0.05, 0) is 48.7 Å². The van der Waals surface area contributed by atoms with Crippen LogP contribution in [-0.4, -0.2) is 24.8 Å². The number of ether oxygens (including phenoxy) is 1. The lowest BCUT2D eigenvalue weighted by atomic mass is 10.1. The first-order valence-corrected chi connectivity index (χ1v) is 9.86. The zero-order valence-corrected chi connectivity index (χ0v) is 16.6. The SMILES string of the molecule is Cc1ccc(C)c(OCC(=O)NCCSCc2c(Cl)cccc2Cl)c1. The molecule has 1 amide bonds. The largest absolute Gasteiger partial charge is 0.483 e. The van der Waals surface area contributed by atoms with Gasteiger partial charge >= 0.3 is 0 Å².